The van der Waals surface area contributed by atoms with Gasteiger partial charge in [0.2, 0.25) is 5.79 Å². The summed E-state index contributed by atoms with van der Waals surface area (Å²) >= 11 is 1.74. The van der Waals surface area contributed by atoms with E-state index in [1.165, 1.54) is 31.4 Å². The Bertz CT molecular complexity index is 1990. The Kier molecular flexibility index (Phi) is 14.7. The lowest BCUT2D eigenvalue weighted by Gasteiger charge is -2.32. The number of halogens is 3. The average Bonchev–Trinajstić information content (AvgIpc) is 3.16. The topological polar surface area (TPSA) is 92.7 Å². The number of methoxy groups -OCH3 is 2. The molecule has 5 aromatic rings. The molecule has 0 heterocycles. The summed E-state index contributed by atoms with van der Waals surface area (Å²) in [6, 6.07) is 48.8. The summed E-state index contributed by atoms with van der Waals surface area (Å²) in [6.45, 7) is 4.51. The number of ketones is 1. The van der Waals surface area contributed by atoms with E-state index < -0.39 is 46.0 Å². The summed E-state index contributed by atoms with van der Waals surface area (Å²) in [4.78, 5) is 17.1. The van der Waals surface area contributed by atoms with E-state index in [1.807, 2.05) is 6.07 Å². The van der Waals surface area contributed by atoms with Crippen LogP contribution in [0.4, 0.5) is 13.2 Å². The van der Waals surface area contributed by atoms with E-state index in [4.69, 9.17) is 9.47 Å². The Morgan fingerprint density at radius 2 is 1.13 bits per heavy atom. The lowest BCUT2D eigenvalue weighted by molar-refractivity contribution is -0.183. The zero-order valence-corrected chi connectivity index (χ0v) is 31.7. The SMILES string of the molecule is C=C(C)C(=O)CCC(F)C(F)(F)S(=O)(=O)[O-].COC(OC)(c1ccc(Sc2ccccc2)cc1)c1ccc([S+](c2ccccc2)c2ccccc2)cc1. The van der Waals surface area contributed by atoms with Gasteiger partial charge in [0.15, 0.2) is 36.8 Å². The van der Waals surface area contributed by atoms with Gasteiger partial charge in [0, 0.05) is 41.6 Å². The van der Waals surface area contributed by atoms with Crippen molar-refractivity contribution in [1.29, 1.82) is 0 Å². The molecule has 0 aliphatic rings. The molecule has 0 aliphatic heterocycles. The monoisotopic (exact) mass is 780 g/mol. The molecule has 5 rings (SSSR count). The van der Waals surface area contributed by atoms with Crippen molar-refractivity contribution in [1.82, 2.24) is 0 Å². The minimum absolute atomic E-state index is 0.0421. The van der Waals surface area contributed by atoms with Gasteiger partial charge in [-0.25, -0.2) is 12.8 Å². The second-order valence-corrected chi connectivity index (χ2v) is 16.3. The van der Waals surface area contributed by atoms with Crippen molar-refractivity contribution in [2.45, 2.75) is 61.5 Å². The Hall–Kier alpha value is -4.17. The Morgan fingerprint density at radius 1 is 0.736 bits per heavy atom. The molecule has 0 saturated carbocycles. The zero-order valence-electron chi connectivity index (χ0n) is 29.3. The van der Waals surface area contributed by atoms with Crippen molar-refractivity contribution in [3.05, 3.63) is 163 Å². The molecular weight excluding hydrogens is 742 g/mol. The molecule has 0 bridgehead atoms. The number of hydrogen-bond donors (Lipinski definition) is 0. The molecule has 0 aromatic heterocycles. The van der Waals surface area contributed by atoms with Crippen molar-refractivity contribution in [3.8, 4) is 0 Å². The Balaban J connectivity index is 0.000000332. The third kappa shape index (κ3) is 10.5. The van der Waals surface area contributed by atoms with Gasteiger partial charge in [0.1, 0.15) is 0 Å². The minimum atomic E-state index is -6.06. The number of carbonyl (C=O) groups is 1. The van der Waals surface area contributed by atoms with Crippen LogP contribution in [0.2, 0.25) is 0 Å². The average molecular weight is 781 g/mol. The first-order valence-corrected chi connectivity index (χ1v) is 19.7. The normalized spacial score (nSPS) is 12.5. The number of rotatable bonds is 15. The van der Waals surface area contributed by atoms with Crippen molar-refractivity contribution in [3.63, 3.8) is 0 Å². The van der Waals surface area contributed by atoms with E-state index in [0.29, 0.717) is 0 Å². The molecule has 0 N–H and O–H groups in total. The number of hydrogen-bond acceptors (Lipinski definition) is 7. The fourth-order valence-corrected chi connectivity index (χ4v) is 8.57. The molecular formula is C41H39F3O6S3. The summed E-state index contributed by atoms with van der Waals surface area (Å²) in [7, 11) is -2.87. The molecule has 0 aliphatic carbocycles. The van der Waals surface area contributed by atoms with Gasteiger partial charge in [0.05, 0.1) is 10.9 Å². The standard InChI is InChI=1S/C33H29O2S2.C8H11F3O4S/c1-34-33(35-2,26-18-22-29(23-19-26)36-28-12-6-3-7-13-28)27-20-24-32(25-21-27)37(30-14-8-4-9-15-30)31-16-10-5-11-17-31;1-5(2)6(12)3-4-7(9)8(10,11)16(13,14)15/h3-25H,1-2H3;7H,1,3-4H2,2H3,(H,13,14,15)/q+1;/p-1. The second kappa shape index (κ2) is 18.7. The van der Waals surface area contributed by atoms with Gasteiger partial charge < -0.3 is 14.0 Å². The molecule has 0 fully saturated rings. The van der Waals surface area contributed by atoms with Crippen molar-refractivity contribution >= 4 is 38.6 Å². The molecule has 12 heteroatoms. The van der Waals surface area contributed by atoms with Crippen LogP contribution >= 0.6 is 11.8 Å². The Morgan fingerprint density at radius 3 is 1.55 bits per heavy atom. The number of Topliss-reactive ketones (excluding diaryl/α,β-unsaturated/α-hetero) is 1. The van der Waals surface area contributed by atoms with Gasteiger partial charge in [-0.2, -0.15) is 8.78 Å². The highest BCUT2D eigenvalue weighted by atomic mass is 32.2. The van der Waals surface area contributed by atoms with Crippen molar-refractivity contribution in [2.75, 3.05) is 14.2 Å². The van der Waals surface area contributed by atoms with Crippen LogP contribution in [0.5, 0.6) is 0 Å². The fraction of sp³-hybridized carbons (Fsp3) is 0.195. The molecule has 0 spiro atoms. The number of ether oxygens (including phenoxy) is 2. The first-order chi connectivity index (χ1) is 25.2. The maximum atomic E-state index is 12.8. The van der Waals surface area contributed by atoms with Crippen molar-refractivity contribution < 1.29 is 40.4 Å². The van der Waals surface area contributed by atoms with Crippen LogP contribution in [0.3, 0.4) is 0 Å². The molecule has 278 valence electrons. The van der Waals surface area contributed by atoms with Gasteiger partial charge in [-0.05, 0) is 91.7 Å². The summed E-state index contributed by atoms with van der Waals surface area (Å²) in [5.74, 6) is -1.66. The van der Waals surface area contributed by atoms with Crippen LogP contribution in [0.15, 0.2) is 176 Å². The first kappa shape index (κ1) is 41.6. The first-order valence-electron chi connectivity index (χ1n) is 16.3. The van der Waals surface area contributed by atoms with Crippen molar-refractivity contribution in [2.24, 2.45) is 0 Å². The van der Waals surface area contributed by atoms with Crippen LogP contribution in [0, 0.1) is 0 Å². The highest BCUT2D eigenvalue weighted by Gasteiger charge is 2.47. The number of benzene rings is 5. The lowest BCUT2D eigenvalue weighted by Crippen LogP contribution is -2.38. The quantitative estimate of drug-likeness (QED) is 0.0452. The van der Waals surface area contributed by atoms with Crippen LogP contribution < -0.4 is 0 Å². The summed E-state index contributed by atoms with van der Waals surface area (Å²) in [5, 5.41) is -5.01. The number of alkyl halides is 3. The molecule has 0 radical (unpaired) electrons. The Labute approximate surface area is 316 Å². The van der Waals surface area contributed by atoms with E-state index in [-0.39, 0.29) is 16.5 Å². The third-order valence-electron chi connectivity index (χ3n) is 8.01. The molecule has 0 saturated heterocycles. The van der Waals surface area contributed by atoms with Gasteiger partial charge >= 0.3 is 5.25 Å². The van der Waals surface area contributed by atoms with Crippen LogP contribution in [0.1, 0.15) is 30.9 Å². The van der Waals surface area contributed by atoms with E-state index in [0.717, 1.165) is 11.1 Å². The van der Waals surface area contributed by atoms with E-state index in [9.17, 15) is 30.9 Å². The molecule has 5 aromatic carbocycles. The summed E-state index contributed by atoms with van der Waals surface area (Å²) in [5.41, 5.74) is 1.95. The highest BCUT2D eigenvalue weighted by Crippen LogP contribution is 2.38. The predicted molar refractivity (Wildman–Crippen MR) is 202 cm³/mol. The van der Waals surface area contributed by atoms with E-state index in [2.05, 4.69) is 140 Å². The largest absolute Gasteiger partial charge is 0.743 e. The number of allylic oxidation sites excluding steroid dienone is 1. The maximum absolute atomic E-state index is 12.8. The molecule has 53 heavy (non-hydrogen) atoms. The molecule has 0 amide bonds. The second-order valence-electron chi connectivity index (χ2n) is 11.6. The third-order valence-corrected chi connectivity index (χ3v) is 12.2. The molecule has 6 nitrogen and oxygen atoms in total. The van der Waals surface area contributed by atoms with Crippen LogP contribution in [0.25, 0.3) is 0 Å². The smallest absolute Gasteiger partial charge is 0.364 e. The lowest BCUT2D eigenvalue weighted by atomic mass is 9.97. The van der Waals surface area contributed by atoms with Gasteiger partial charge in [0.25, 0.3) is 0 Å². The summed E-state index contributed by atoms with van der Waals surface area (Å²) in [6.07, 6.45) is -4.86. The van der Waals surface area contributed by atoms with Gasteiger partial charge in [-0.15, -0.1) is 0 Å². The van der Waals surface area contributed by atoms with E-state index >= 15 is 0 Å². The fourth-order valence-electron chi connectivity index (χ4n) is 5.22. The number of carbonyl (C=O) groups excluding carboxylic acids is 1. The zero-order chi connectivity index (χ0) is 38.6. The molecule has 1 unspecified atom stereocenters. The highest BCUT2D eigenvalue weighted by molar-refractivity contribution is 7.99. The minimum Gasteiger partial charge on any atom is -0.743 e. The van der Waals surface area contributed by atoms with Gasteiger partial charge in [-0.1, -0.05) is 85.1 Å². The maximum Gasteiger partial charge on any atom is 0.364 e. The van der Waals surface area contributed by atoms with Gasteiger partial charge in [-0.3, -0.25) is 4.79 Å². The van der Waals surface area contributed by atoms with E-state index in [1.54, 1.807) is 26.0 Å². The predicted octanol–water partition coefficient (Wildman–Crippen LogP) is 9.81. The van der Waals surface area contributed by atoms with Crippen LogP contribution in [-0.2, 0) is 41.1 Å². The van der Waals surface area contributed by atoms with Crippen LogP contribution in [-0.4, -0.2) is 44.4 Å². The summed E-state index contributed by atoms with van der Waals surface area (Å²) < 4.78 is 80.1. The molecule has 1 atom stereocenters.